The molecule has 2 heterocycles. The summed E-state index contributed by atoms with van der Waals surface area (Å²) in [7, 11) is 3.22. The first-order chi connectivity index (χ1) is 16.6. The number of thiophene rings is 1. The van der Waals surface area contributed by atoms with Gasteiger partial charge in [0.1, 0.15) is 5.00 Å². The average Bonchev–Trinajstić information content (AvgIpc) is 3.41. The lowest BCUT2D eigenvalue weighted by atomic mass is 10.1. The minimum Gasteiger partial charge on any atom is -0.468 e. The first kappa shape index (κ1) is 26.5. The van der Waals surface area contributed by atoms with E-state index in [0.29, 0.717) is 32.7 Å². The standard InChI is InChI=1S/C23H24Cl2N4O5S/c1-5-11-33-23(32)17-13(2)19(22(31)28(3)4)35-21(17)26-20(30)16-9-10-29(27-16)12-34-18-14(24)7-6-8-15(18)25/h6-10H,5,11-12H2,1-4H3,(H,26,30). The number of hydrogen-bond acceptors (Lipinski definition) is 7. The molecule has 0 saturated heterocycles. The van der Waals surface area contributed by atoms with Crippen LogP contribution in [0.3, 0.4) is 0 Å². The van der Waals surface area contributed by atoms with Gasteiger partial charge >= 0.3 is 5.97 Å². The number of amides is 2. The van der Waals surface area contributed by atoms with E-state index in [1.54, 1.807) is 45.4 Å². The fraction of sp³-hybridized carbons (Fsp3) is 0.304. The van der Waals surface area contributed by atoms with Crippen LogP contribution in [0.1, 0.15) is 49.4 Å². The number of nitrogens with zero attached hydrogens (tertiary/aromatic N) is 3. The lowest BCUT2D eigenvalue weighted by Gasteiger charge is -2.09. The molecule has 12 heteroatoms. The number of benzene rings is 1. The third-order valence-electron chi connectivity index (χ3n) is 4.75. The van der Waals surface area contributed by atoms with Crippen molar-refractivity contribution in [3.63, 3.8) is 0 Å². The second-order valence-corrected chi connectivity index (χ2v) is 9.45. The second kappa shape index (κ2) is 11.6. The van der Waals surface area contributed by atoms with Crippen molar-refractivity contribution in [1.29, 1.82) is 0 Å². The quantitative estimate of drug-likeness (QED) is 0.379. The molecule has 9 nitrogen and oxygen atoms in total. The number of anilines is 1. The highest BCUT2D eigenvalue weighted by molar-refractivity contribution is 7.18. The topological polar surface area (TPSA) is 103 Å². The van der Waals surface area contributed by atoms with Crippen molar-refractivity contribution >= 4 is 57.3 Å². The zero-order chi connectivity index (χ0) is 25.7. The van der Waals surface area contributed by atoms with Crippen LogP contribution in [0.25, 0.3) is 0 Å². The zero-order valence-electron chi connectivity index (χ0n) is 19.6. The Bertz CT molecular complexity index is 1230. The van der Waals surface area contributed by atoms with Gasteiger partial charge in [-0.25, -0.2) is 9.48 Å². The van der Waals surface area contributed by atoms with Gasteiger partial charge < -0.3 is 19.7 Å². The molecule has 0 spiro atoms. The highest BCUT2D eigenvalue weighted by atomic mass is 35.5. The number of halogens is 2. The molecule has 1 N–H and O–H groups in total. The van der Waals surface area contributed by atoms with Gasteiger partial charge in [0, 0.05) is 20.3 Å². The Labute approximate surface area is 216 Å². The van der Waals surface area contributed by atoms with Crippen LogP contribution >= 0.6 is 34.5 Å². The molecule has 0 aliphatic rings. The number of hydrogen-bond donors (Lipinski definition) is 1. The van der Waals surface area contributed by atoms with Gasteiger partial charge in [-0.1, -0.05) is 36.2 Å². The number of para-hydroxylation sites is 1. The van der Waals surface area contributed by atoms with E-state index >= 15 is 0 Å². The normalized spacial score (nSPS) is 10.7. The Morgan fingerprint density at radius 2 is 1.86 bits per heavy atom. The predicted octanol–water partition coefficient (Wildman–Crippen LogP) is 5.12. The molecule has 0 bridgehead atoms. The Hall–Kier alpha value is -3.08. The number of carbonyl (C=O) groups excluding carboxylic acids is 3. The van der Waals surface area contributed by atoms with Gasteiger partial charge in [-0.2, -0.15) is 5.10 Å². The highest BCUT2D eigenvalue weighted by Gasteiger charge is 2.28. The number of esters is 1. The first-order valence-electron chi connectivity index (χ1n) is 10.6. The molecule has 2 amide bonds. The number of nitrogens with one attached hydrogen (secondary N) is 1. The molecule has 0 aliphatic heterocycles. The Morgan fingerprint density at radius 3 is 2.49 bits per heavy atom. The van der Waals surface area contributed by atoms with Crippen LogP contribution in [0, 0.1) is 6.92 Å². The van der Waals surface area contributed by atoms with E-state index in [1.165, 1.54) is 15.6 Å². The molecule has 0 unspecified atom stereocenters. The van der Waals surface area contributed by atoms with E-state index in [0.717, 1.165) is 11.3 Å². The minimum absolute atomic E-state index is 0.0368. The molecular formula is C23H24Cl2N4O5S. The van der Waals surface area contributed by atoms with Crippen molar-refractivity contribution in [1.82, 2.24) is 14.7 Å². The van der Waals surface area contributed by atoms with Crippen LogP contribution in [0.2, 0.25) is 10.0 Å². The van der Waals surface area contributed by atoms with Gasteiger partial charge in [0.25, 0.3) is 11.8 Å². The van der Waals surface area contributed by atoms with Gasteiger partial charge in [0.2, 0.25) is 0 Å². The van der Waals surface area contributed by atoms with Crippen molar-refractivity contribution in [2.45, 2.75) is 27.0 Å². The number of rotatable bonds is 9. The summed E-state index contributed by atoms with van der Waals surface area (Å²) >= 11 is 13.2. The van der Waals surface area contributed by atoms with E-state index in [4.69, 9.17) is 32.7 Å². The molecule has 3 rings (SSSR count). The lowest BCUT2D eigenvalue weighted by Crippen LogP contribution is -2.21. The molecular weight excluding hydrogens is 515 g/mol. The summed E-state index contributed by atoms with van der Waals surface area (Å²) in [5.74, 6) is -1.14. The molecule has 35 heavy (non-hydrogen) atoms. The Kier molecular flexibility index (Phi) is 8.76. The van der Waals surface area contributed by atoms with Crippen molar-refractivity contribution in [2.24, 2.45) is 0 Å². The van der Waals surface area contributed by atoms with Gasteiger partial charge in [0.05, 0.1) is 27.1 Å². The molecule has 0 saturated carbocycles. The average molecular weight is 539 g/mol. The van der Waals surface area contributed by atoms with Gasteiger partial charge in [-0.3, -0.25) is 9.59 Å². The van der Waals surface area contributed by atoms with Crippen molar-refractivity contribution in [3.8, 4) is 5.75 Å². The molecule has 0 fully saturated rings. The third kappa shape index (κ3) is 6.14. The molecule has 3 aromatic rings. The van der Waals surface area contributed by atoms with Crippen LogP contribution in [-0.4, -0.2) is 53.2 Å². The molecule has 0 aliphatic carbocycles. The monoisotopic (exact) mass is 538 g/mol. The van der Waals surface area contributed by atoms with E-state index in [9.17, 15) is 14.4 Å². The van der Waals surface area contributed by atoms with Crippen LogP contribution in [0.5, 0.6) is 5.75 Å². The fourth-order valence-corrected chi connectivity index (χ4v) is 4.71. The third-order valence-corrected chi connectivity index (χ3v) is 6.54. The smallest absolute Gasteiger partial charge is 0.341 e. The van der Waals surface area contributed by atoms with Crippen LogP contribution in [-0.2, 0) is 11.5 Å². The summed E-state index contributed by atoms with van der Waals surface area (Å²) < 4.78 is 12.3. The lowest BCUT2D eigenvalue weighted by molar-refractivity contribution is 0.0506. The minimum atomic E-state index is -0.607. The van der Waals surface area contributed by atoms with E-state index in [1.807, 2.05) is 6.92 Å². The summed E-state index contributed by atoms with van der Waals surface area (Å²) in [6.07, 6.45) is 2.19. The molecule has 0 atom stereocenters. The molecule has 1 aromatic carbocycles. The maximum absolute atomic E-state index is 12.9. The van der Waals surface area contributed by atoms with Crippen molar-refractivity contribution in [2.75, 3.05) is 26.0 Å². The predicted molar refractivity (Wildman–Crippen MR) is 135 cm³/mol. The maximum Gasteiger partial charge on any atom is 0.341 e. The number of ether oxygens (including phenoxy) is 2. The van der Waals surface area contributed by atoms with Crippen LogP contribution in [0.4, 0.5) is 5.00 Å². The van der Waals surface area contributed by atoms with Crippen LogP contribution in [0.15, 0.2) is 30.5 Å². The van der Waals surface area contributed by atoms with Crippen molar-refractivity contribution in [3.05, 3.63) is 62.2 Å². The van der Waals surface area contributed by atoms with E-state index < -0.39 is 11.9 Å². The Morgan fingerprint density at radius 1 is 1.17 bits per heavy atom. The van der Waals surface area contributed by atoms with Gasteiger partial charge in [-0.05, 0) is 37.1 Å². The summed E-state index contributed by atoms with van der Waals surface area (Å²) in [5.41, 5.74) is 0.678. The highest BCUT2D eigenvalue weighted by Crippen LogP contribution is 2.35. The Balaban J connectivity index is 1.80. The second-order valence-electron chi connectivity index (χ2n) is 7.61. The van der Waals surface area contributed by atoms with Gasteiger partial charge in [0.15, 0.2) is 18.2 Å². The summed E-state index contributed by atoms with van der Waals surface area (Å²) in [6, 6.07) is 6.48. The SMILES string of the molecule is CCCOC(=O)c1c(NC(=O)c2ccn(COc3c(Cl)cccc3Cl)n2)sc(C(=O)N(C)C)c1C. The summed E-state index contributed by atoms with van der Waals surface area (Å²) in [5, 5.41) is 7.81. The van der Waals surface area contributed by atoms with Crippen molar-refractivity contribution < 1.29 is 23.9 Å². The molecule has 0 radical (unpaired) electrons. The van der Waals surface area contributed by atoms with Gasteiger partial charge in [-0.15, -0.1) is 11.3 Å². The molecule has 186 valence electrons. The number of carbonyl (C=O) groups is 3. The summed E-state index contributed by atoms with van der Waals surface area (Å²) in [4.78, 5) is 39.9. The number of aromatic nitrogens is 2. The maximum atomic E-state index is 12.9. The zero-order valence-corrected chi connectivity index (χ0v) is 21.9. The fourth-order valence-electron chi connectivity index (χ4n) is 2.99. The first-order valence-corrected chi connectivity index (χ1v) is 12.1. The summed E-state index contributed by atoms with van der Waals surface area (Å²) in [6.45, 7) is 3.71. The van der Waals surface area contributed by atoms with Crippen LogP contribution < -0.4 is 10.1 Å². The van der Waals surface area contributed by atoms with E-state index in [2.05, 4.69) is 10.4 Å². The molecule has 2 aromatic heterocycles. The van der Waals surface area contributed by atoms with E-state index in [-0.39, 0.29) is 35.5 Å². The largest absolute Gasteiger partial charge is 0.468 e.